The largest absolute Gasteiger partial charge is 0.336 e. The number of nitrogens with zero attached hydrogens (tertiary/aromatic N) is 1. The van der Waals surface area contributed by atoms with Gasteiger partial charge in [0.05, 0.1) is 0 Å². The summed E-state index contributed by atoms with van der Waals surface area (Å²) in [7, 11) is 0. The third-order valence-electron chi connectivity index (χ3n) is 3.84. The Bertz CT molecular complexity index is 469. The minimum atomic E-state index is 0. The lowest BCUT2D eigenvalue weighted by molar-refractivity contribution is 0.0673. The summed E-state index contributed by atoms with van der Waals surface area (Å²) in [5.74, 6) is 0.144. The molecule has 0 aromatic heterocycles. The van der Waals surface area contributed by atoms with E-state index < -0.39 is 0 Å². The second-order valence-corrected chi connectivity index (χ2v) is 7.01. The maximum absolute atomic E-state index is 12.5. The summed E-state index contributed by atoms with van der Waals surface area (Å²) < 4.78 is 0. The first kappa shape index (κ1) is 18.0. The zero-order valence-electron chi connectivity index (χ0n) is 13.6. The van der Waals surface area contributed by atoms with E-state index in [4.69, 9.17) is 0 Å². The highest BCUT2D eigenvalue weighted by Gasteiger charge is 2.25. The maximum atomic E-state index is 12.5. The Labute approximate surface area is 134 Å². The predicted octanol–water partition coefficient (Wildman–Crippen LogP) is 3.23. The number of benzene rings is 1. The van der Waals surface area contributed by atoms with Crippen molar-refractivity contribution in [2.75, 3.05) is 13.1 Å². The Morgan fingerprint density at radius 2 is 1.57 bits per heavy atom. The lowest BCUT2D eigenvalue weighted by Gasteiger charge is -2.36. The normalized spacial score (nSPS) is 22.6. The minimum Gasteiger partial charge on any atom is -0.336 e. The van der Waals surface area contributed by atoms with Gasteiger partial charge in [0.1, 0.15) is 0 Å². The van der Waals surface area contributed by atoms with Crippen molar-refractivity contribution >= 4 is 18.3 Å². The molecule has 0 saturated carbocycles. The average molecular weight is 311 g/mol. The lowest BCUT2D eigenvalue weighted by Crippen LogP contribution is -2.55. The number of halogens is 1. The molecule has 2 rings (SSSR count). The van der Waals surface area contributed by atoms with Crippen LogP contribution in [0.1, 0.15) is 50.5 Å². The first-order valence-corrected chi connectivity index (χ1v) is 7.43. The van der Waals surface area contributed by atoms with Crippen molar-refractivity contribution in [2.45, 2.75) is 52.1 Å². The van der Waals surface area contributed by atoms with Crippen molar-refractivity contribution in [3.63, 3.8) is 0 Å². The molecule has 1 N–H and O–H groups in total. The van der Waals surface area contributed by atoms with Crippen molar-refractivity contribution in [3.8, 4) is 0 Å². The van der Waals surface area contributed by atoms with Crippen LogP contribution in [0.4, 0.5) is 0 Å². The van der Waals surface area contributed by atoms with Crippen molar-refractivity contribution in [1.82, 2.24) is 10.2 Å². The number of piperazine rings is 1. The number of nitrogens with one attached hydrogen (secondary N) is 1. The van der Waals surface area contributed by atoms with E-state index in [9.17, 15) is 4.79 Å². The van der Waals surface area contributed by atoms with Gasteiger partial charge in [-0.1, -0.05) is 32.9 Å². The van der Waals surface area contributed by atoms with Gasteiger partial charge in [0.15, 0.2) is 0 Å². The Morgan fingerprint density at radius 1 is 1.10 bits per heavy atom. The van der Waals surface area contributed by atoms with E-state index >= 15 is 0 Å². The molecule has 1 heterocycles. The summed E-state index contributed by atoms with van der Waals surface area (Å²) >= 11 is 0. The van der Waals surface area contributed by atoms with Crippen LogP contribution < -0.4 is 5.32 Å². The van der Waals surface area contributed by atoms with Crippen LogP contribution in [0.25, 0.3) is 0 Å². The van der Waals surface area contributed by atoms with Gasteiger partial charge in [-0.05, 0) is 37.0 Å². The number of hydrogen-bond acceptors (Lipinski definition) is 2. The smallest absolute Gasteiger partial charge is 0.253 e. The lowest BCUT2D eigenvalue weighted by atomic mass is 9.86. The highest BCUT2D eigenvalue weighted by atomic mass is 35.5. The van der Waals surface area contributed by atoms with Gasteiger partial charge in [-0.2, -0.15) is 0 Å². The molecule has 21 heavy (non-hydrogen) atoms. The molecule has 0 bridgehead atoms. The van der Waals surface area contributed by atoms with E-state index in [2.05, 4.69) is 52.1 Å². The van der Waals surface area contributed by atoms with Crippen LogP contribution in [0, 0.1) is 0 Å². The molecule has 0 aliphatic carbocycles. The molecule has 2 unspecified atom stereocenters. The second kappa shape index (κ2) is 6.80. The van der Waals surface area contributed by atoms with E-state index in [1.807, 2.05) is 17.0 Å². The number of carbonyl (C=O) groups is 1. The summed E-state index contributed by atoms with van der Waals surface area (Å²) in [5.41, 5.74) is 2.18. The third-order valence-corrected chi connectivity index (χ3v) is 3.84. The van der Waals surface area contributed by atoms with Crippen molar-refractivity contribution < 1.29 is 4.79 Å². The van der Waals surface area contributed by atoms with E-state index in [0.717, 1.165) is 18.7 Å². The van der Waals surface area contributed by atoms with Crippen molar-refractivity contribution in [1.29, 1.82) is 0 Å². The molecule has 3 nitrogen and oxygen atoms in total. The fourth-order valence-corrected chi connectivity index (χ4v) is 2.79. The number of hydrogen-bond donors (Lipinski definition) is 1. The van der Waals surface area contributed by atoms with Crippen LogP contribution in [0.5, 0.6) is 0 Å². The fourth-order valence-electron chi connectivity index (χ4n) is 2.79. The molecular formula is C17H27ClN2O. The van der Waals surface area contributed by atoms with Gasteiger partial charge in [0, 0.05) is 30.7 Å². The van der Waals surface area contributed by atoms with Crippen molar-refractivity contribution in [3.05, 3.63) is 35.4 Å². The molecule has 4 heteroatoms. The van der Waals surface area contributed by atoms with E-state index in [1.54, 1.807) is 0 Å². The summed E-state index contributed by atoms with van der Waals surface area (Å²) in [6, 6.07) is 8.78. The van der Waals surface area contributed by atoms with Gasteiger partial charge in [0.2, 0.25) is 0 Å². The maximum Gasteiger partial charge on any atom is 0.253 e. The van der Waals surface area contributed by atoms with Crippen LogP contribution in [-0.2, 0) is 5.41 Å². The van der Waals surface area contributed by atoms with Crippen LogP contribution >= 0.6 is 12.4 Å². The van der Waals surface area contributed by atoms with Crippen molar-refractivity contribution in [2.24, 2.45) is 0 Å². The Morgan fingerprint density at radius 3 is 2.00 bits per heavy atom. The molecule has 2 atom stereocenters. The van der Waals surface area contributed by atoms with E-state index in [1.165, 1.54) is 5.56 Å². The van der Waals surface area contributed by atoms with Gasteiger partial charge in [0.25, 0.3) is 5.91 Å². The molecule has 0 spiro atoms. The van der Waals surface area contributed by atoms with Crippen LogP contribution in [0.15, 0.2) is 24.3 Å². The first-order valence-electron chi connectivity index (χ1n) is 7.43. The molecule has 118 valence electrons. The van der Waals surface area contributed by atoms with E-state index in [0.29, 0.717) is 12.1 Å². The zero-order chi connectivity index (χ0) is 14.9. The molecular weight excluding hydrogens is 284 g/mol. The first-order chi connectivity index (χ1) is 9.27. The van der Waals surface area contributed by atoms with Gasteiger partial charge in [-0.15, -0.1) is 12.4 Å². The summed E-state index contributed by atoms with van der Waals surface area (Å²) in [4.78, 5) is 14.5. The van der Waals surface area contributed by atoms with Gasteiger partial charge in [-0.3, -0.25) is 4.79 Å². The molecule has 1 amide bonds. The monoisotopic (exact) mass is 310 g/mol. The van der Waals surface area contributed by atoms with Gasteiger partial charge < -0.3 is 10.2 Å². The van der Waals surface area contributed by atoms with E-state index in [-0.39, 0.29) is 23.7 Å². The number of rotatable bonds is 1. The third kappa shape index (κ3) is 4.45. The highest BCUT2D eigenvalue weighted by Crippen LogP contribution is 2.22. The zero-order valence-corrected chi connectivity index (χ0v) is 14.5. The minimum absolute atomic E-state index is 0. The van der Waals surface area contributed by atoms with Crippen LogP contribution in [0.2, 0.25) is 0 Å². The SMILES string of the molecule is CC1CN(C(=O)c2ccc(C(C)(C)C)cc2)CC(C)N1.Cl. The van der Waals surface area contributed by atoms with Crippen LogP contribution in [0.3, 0.4) is 0 Å². The number of amides is 1. The number of carbonyl (C=O) groups excluding carboxylic acids is 1. The Balaban J connectivity index is 0.00000220. The molecule has 1 aliphatic heterocycles. The molecule has 1 aromatic carbocycles. The molecule has 1 aliphatic rings. The second-order valence-electron chi connectivity index (χ2n) is 7.01. The topological polar surface area (TPSA) is 32.3 Å². The summed E-state index contributed by atoms with van der Waals surface area (Å²) in [6.07, 6.45) is 0. The molecule has 1 aromatic rings. The molecule has 1 fully saturated rings. The predicted molar refractivity (Wildman–Crippen MR) is 90.4 cm³/mol. The average Bonchev–Trinajstić information content (AvgIpc) is 2.36. The summed E-state index contributed by atoms with van der Waals surface area (Å²) in [6.45, 7) is 12.4. The standard InChI is InChI=1S/C17H26N2O.ClH/c1-12-10-19(11-13(2)18-12)16(20)14-6-8-15(9-7-14)17(3,4)5;/h6-9,12-13,18H,10-11H2,1-5H3;1H. The van der Waals surface area contributed by atoms with Crippen LogP contribution in [-0.4, -0.2) is 36.0 Å². The quantitative estimate of drug-likeness (QED) is 0.863. The van der Waals surface area contributed by atoms with Gasteiger partial charge in [-0.25, -0.2) is 0 Å². The Kier molecular flexibility index (Phi) is 5.83. The summed E-state index contributed by atoms with van der Waals surface area (Å²) in [5, 5.41) is 3.45. The highest BCUT2D eigenvalue weighted by molar-refractivity contribution is 5.94. The fraction of sp³-hybridized carbons (Fsp3) is 0.588. The molecule has 0 radical (unpaired) electrons. The Hall–Kier alpha value is -1.06. The molecule has 1 saturated heterocycles. The van der Waals surface area contributed by atoms with Gasteiger partial charge >= 0.3 is 0 Å².